The molecule has 0 saturated heterocycles. The topological polar surface area (TPSA) is 66.7 Å². The van der Waals surface area contributed by atoms with Gasteiger partial charge in [0.25, 0.3) is 0 Å². The molecule has 4 nitrogen and oxygen atoms in total. The molecule has 0 bridgehead atoms. The fraction of sp³-hybridized carbons (Fsp3) is 0.545. The van der Waals surface area contributed by atoms with Gasteiger partial charge in [0.05, 0.1) is 0 Å². The number of isocyanates is 1. The Morgan fingerprint density at radius 1 is 0.893 bits per heavy atom. The van der Waals surface area contributed by atoms with Gasteiger partial charge in [-0.15, -0.1) is 22.7 Å². The van der Waals surface area contributed by atoms with E-state index in [0.29, 0.717) is 4.88 Å². The summed E-state index contributed by atoms with van der Waals surface area (Å²) in [6.07, 6.45) is 13.7. The van der Waals surface area contributed by atoms with Crippen LogP contribution < -0.4 is 0 Å². The van der Waals surface area contributed by atoms with E-state index < -0.39 is 5.97 Å². The smallest absolute Gasteiger partial charge is 0.345 e. The summed E-state index contributed by atoms with van der Waals surface area (Å²) in [5.41, 5.74) is 0. The molecule has 0 amide bonds. The number of carboxylic acid groups (broad SMARTS) is 1. The normalized spacial score (nSPS) is 10.1. The van der Waals surface area contributed by atoms with Crippen molar-refractivity contribution >= 4 is 39.7 Å². The Morgan fingerprint density at radius 2 is 1.46 bits per heavy atom. The van der Waals surface area contributed by atoms with Crippen LogP contribution in [0.1, 0.15) is 84.6 Å². The number of carbonyl (C=O) groups excluding carboxylic acids is 1. The molecule has 0 aliphatic rings. The average molecular weight is 422 g/mol. The van der Waals surface area contributed by atoms with Crippen LogP contribution in [0.4, 0.5) is 5.00 Å². The van der Waals surface area contributed by atoms with Gasteiger partial charge in [0.1, 0.15) is 9.88 Å². The van der Waals surface area contributed by atoms with Gasteiger partial charge in [-0.1, -0.05) is 52.4 Å². The van der Waals surface area contributed by atoms with Gasteiger partial charge < -0.3 is 5.11 Å². The van der Waals surface area contributed by atoms with Crippen molar-refractivity contribution < 1.29 is 14.7 Å². The number of nitrogens with zero attached hydrogens (tertiary/aromatic N) is 1. The molecule has 2 aromatic rings. The summed E-state index contributed by atoms with van der Waals surface area (Å²) in [5, 5.41) is 9.49. The number of hydrogen-bond donors (Lipinski definition) is 1. The number of carboxylic acids is 1. The summed E-state index contributed by atoms with van der Waals surface area (Å²) in [7, 11) is 0. The zero-order valence-electron chi connectivity index (χ0n) is 16.9. The summed E-state index contributed by atoms with van der Waals surface area (Å²) < 4.78 is 0. The molecule has 0 aliphatic heterocycles. The molecule has 2 aromatic heterocycles. The first kappa shape index (κ1) is 24.3. The zero-order chi connectivity index (χ0) is 20.6. The first-order valence-corrected chi connectivity index (χ1v) is 11.7. The van der Waals surface area contributed by atoms with E-state index in [1.54, 1.807) is 23.5 Å². The molecule has 0 fully saturated rings. The fourth-order valence-electron chi connectivity index (χ4n) is 2.69. The maximum absolute atomic E-state index is 10.6. The number of aryl methyl sites for hydroxylation is 2. The van der Waals surface area contributed by atoms with Crippen molar-refractivity contribution in [2.45, 2.75) is 78.1 Å². The number of carbonyl (C=O) groups is 1. The highest BCUT2D eigenvalue weighted by Crippen LogP contribution is 2.25. The summed E-state index contributed by atoms with van der Waals surface area (Å²) in [5.74, 6) is -0.810. The Labute approximate surface area is 176 Å². The lowest BCUT2D eigenvalue weighted by molar-refractivity contribution is 0.0702. The van der Waals surface area contributed by atoms with Crippen LogP contribution in [-0.4, -0.2) is 17.2 Å². The minimum absolute atomic E-state index is 0.454. The van der Waals surface area contributed by atoms with E-state index >= 15 is 0 Å². The van der Waals surface area contributed by atoms with Crippen molar-refractivity contribution in [2.75, 3.05) is 0 Å². The van der Waals surface area contributed by atoms with E-state index in [2.05, 4.69) is 18.8 Å². The molecule has 0 saturated carbocycles. The third kappa shape index (κ3) is 10.5. The van der Waals surface area contributed by atoms with E-state index in [-0.39, 0.29) is 0 Å². The maximum Gasteiger partial charge on any atom is 0.345 e. The summed E-state index contributed by atoms with van der Waals surface area (Å²) >= 11 is 2.99. The van der Waals surface area contributed by atoms with Crippen molar-refractivity contribution in [2.24, 2.45) is 4.99 Å². The zero-order valence-corrected chi connectivity index (χ0v) is 18.5. The van der Waals surface area contributed by atoms with Gasteiger partial charge in [0, 0.05) is 9.75 Å². The van der Waals surface area contributed by atoms with Crippen molar-refractivity contribution in [3.8, 4) is 0 Å². The second kappa shape index (κ2) is 15.2. The first-order valence-electron chi connectivity index (χ1n) is 10.1. The molecule has 0 spiro atoms. The van der Waals surface area contributed by atoms with Crippen LogP contribution in [0.25, 0.3) is 0 Å². The van der Waals surface area contributed by atoms with Crippen molar-refractivity contribution in [3.05, 3.63) is 38.9 Å². The van der Waals surface area contributed by atoms with Crippen LogP contribution in [-0.2, 0) is 17.6 Å². The first-order chi connectivity index (χ1) is 13.6. The molecular formula is C22H31NO3S2. The SMILES string of the molecule is CCCCCCc1ccc(C(=O)O)s1.CCCCCCc1ccc(N=C=O)s1. The van der Waals surface area contributed by atoms with Gasteiger partial charge >= 0.3 is 5.97 Å². The third-order valence-electron chi connectivity index (χ3n) is 4.23. The molecule has 154 valence electrons. The standard InChI is InChI=1S/C11H15NOS.C11H16O2S/c1-2-3-4-5-6-10-7-8-11(14-10)12-9-13;1-2-3-4-5-6-9-7-8-10(14-9)11(12)13/h7-8H,2-6H2,1H3;7-8H,2-6H2,1H3,(H,12,13). The molecule has 0 unspecified atom stereocenters. The lowest BCUT2D eigenvalue weighted by Gasteiger charge is -1.96. The van der Waals surface area contributed by atoms with Crippen LogP contribution in [0.2, 0.25) is 0 Å². The van der Waals surface area contributed by atoms with Crippen LogP contribution >= 0.6 is 22.7 Å². The van der Waals surface area contributed by atoms with E-state index in [4.69, 9.17) is 5.11 Å². The molecule has 0 aliphatic carbocycles. The second-order valence-corrected chi connectivity index (χ2v) is 8.95. The molecule has 1 N–H and O–H groups in total. The number of aliphatic imine (C=N–C) groups is 1. The number of thiophene rings is 2. The monoisotopic (exact) mass is 421 g/mol. The Bertz CT molecular complexity index is 681. The molecule has 0 atom stereocenters. The summed E-state index contributed by atoms with van der Waals surface area (Å²) in [4.78, 5) is 27.1. The van der Waals surface area contributed by atoms with Gasteiger partial charge in [0.2, 0.25) is 6.08 Å². The minimum atomic E-state index is -0.810. The maximum atomic E-state index is 10.6. The molecular weight excluding hydrogens is 390 g/mol. The summed E-state index contributed by atoms with van der Waals surface area (Å²) in [6.45, 7) is 4.40. The molecule has 0 aromatic carbocycles. The molecule has 28 heavy (non-hydrogen) atoms. The number of aromatic carboxylic acids is 1. The van der Waals surface area contributed by atoms with Gasteiger partial charge in [0.15, 0.2) is 0 Å². The van der Waals surface area contributed by atoms with Crippen molar-refractivity contribution in [3.63, 3.8) is 0 Å². The van der Waals surface area contributed by atoms with Gasteiger partial charge in [-0.2, -0.15) is 4.99 Å². The highest BCUT2D eigenvalue weighted by molar-refractivity contribution is 7.15. The Morgan fingerprint density at radius 3 is 1.96 bits per heavy atom. The van der Waals surface area contributed by atoms with Crippen molar-refractivity contribution in [1.82, 2.24) is 0 Å². The van der Waals surface area contributed by atoms with Gasteiger partial charge in [-0.25, -0.2) is 9.59 Å². The van der Waals surface area contributed by atoms with Gasteiger partial charge in [-0.3, -0.25) is 0 Å². The average Bonchev–Trinajstić information content (AvgIpc) is 3.33. The predicted octanol–water partition coefficient (Wildman–Crippen LogP) is 7.41. The van der Waals surface area contributed by atoms with Gasteiger partial charge in [-0.05, 0) is 49.9 Å². The quantitative estimate of drug-likeness (QED) is 0.220. The van der Waals surface area contributed by atoms with E-state index in [1.807, 2.05) is 18.2 Å². The second-order valence-electron chi connectivity index (χ2n) is 6.64. The van der Waals surface area contributed by atoms with E-state index in [0.717, 1.165) is 17.8 Å². The van der Waals surface area contributed by atoms with Crippen LogP contribution in [0, 0.1) is 0 Å². The third-order valence-corrected chi connectivity index (χ3v) is 6.40. The molecule has 6 heteroatoms. The minimum Gasteiger partial charge on any atom is -0.477 e. The van der Waals surface area contributed by atoms with Crippen LogP contribution in [0.15, 0.2) is 29.3 Å². The Kier molecular flexibility index (Phi) is 13.2. The Hall–Kier alpha value is -1.75. The van der Waals surface area contributed by atoms with Crippen LogP contribution in [0.3, 0.4) is 0 Å². The molecule has 0 radical (unpaired) electrons. The lowest BCUT2D eigenvalue weighted by Crippen LogP contribution is -1.89. The number of hydrogen-bond acceptors (Lipinski definition) is 5. The summed E-state index contributed by atoms with van der Waals surface area (Å²) in [6, 6.07) is 7.56. The van der Waals surface area contributed by atoms with E-state index in [9.17, 15) is 9.59 Å². The fourth-order valence-corrected chi connectivity index (χ4v) is 4.44. The highest BCUT2D eigenvalue weighted by atomic mass is 32.1. The highest BCUT2D eigenvalue weighted by Gasteiger charge is 2.06. The number of unbranched alkanes of at least 4 members (excludes halogenated alkanes) is 6. The van der Waals surface area contributed by atoms with E-state index in [1.165, 1.54) is 72.5 Å². The van der Waals surface area contributed by atoms with Crippen LogP contribution in [0.5, 0.6) is 0 Å². The lowest BCUT2D eigenvalue weighted by atomic mass is 10.1. The van der Waals surface area contributed by atoms with Crippen molar-refractivity contribution in [1.29, 1.82) is 0 Å². The number of rotatable bonds is 12. The molecule has 2 rings (SSSR count). The largest absolute Gasteiger partial charge is 0.477 e. The Balaban J connectivity index is 0.000000280. The molecule has 2 heterocycles. The predicted molar refractivity (Wildman–Crippen MR) is 119 cm³/mol.